The fourth-order valence-electron chi connectivity index (χ4n) is 3.24. The molecule has 0 saturated carbocycles. The Morgan fingerprint density at radius 3 is 2.22 bits per heavy atom. The van der Waals surface area contributed by atoms with Crippen molar-refractivity contribution in [2.24, 2.45) is 0 Å². The van der Waals surface area contributed by atoms with E-state index in [1.54, 1.807) is 30.3 Å². The van der Waals surface area contributed by atoms with Gasteiger partial charge in [-0.25, -0.2) is 0 Å². The molecule has 0 aliphatic carbocycles. The van der Waals surface area contributed by atoms with Crippen LogP contribution in [0.5, 0.6) is 0 Å². The average molecular weight is 431 g/mol. The molecular weight excluding hydrogens is 406 g/mol. The second kappa shape index (κ2) is 10.9. The molecule has 0 aromatic heterocycles. The van der Waals surface area contributed by atoms with Crippen LogP contribution in [-0.4, -0.2) is 28.9 Å². The second-order valence-corrected chi connectivity index (χ2v) is 7.38. The first-order valence-corrected chi connectivity index (χ1v) is 10.2. The van der Waals surface area contributed by atoms with Gasteiger partial charge >= 0.3 is 5.97 Å². The Kier molecular flexibility index (Phi) is 7.72. The molecule has 0 aliphatic heterocycles. The molecule has 0 heterocycles. The number of aliphatic carboxylic acids is 1. The Labute approximate surface area is 186 Å². The summed E-state index contributed by atoms with van der Waals surface area (Å²) < 4.78 is 0. The van der Waals surface area contributed by atoms with Gasteiger partial charge in [0.05, 0.1) is 0 Å². The number of amides is 2. The number of carbonyl (C=O) groups excluding carboxylic acids is 2. The Morgan fingerprint density at radius 1 is 0.875 bits per heavy atom. The van der Waals surface area contributed by atoms with Crippen LogP contribution in [0.1, 0.15) is 28.8 Å². The van der Waals surface area contributed by atoms with Crippen LogP contribution in [0.2, 0.25) is 0 Å². The van der Waals surface area contributed by atoms with Crippen molar-refractivity contribution >= 4 is 23.5 Å². The molecule has 0 bridgehead atoms. The highest BCUT2D eigenvalue weighted by Crippen LogP contribution is 2.19. The lowest BCUT2D eigenvalue weighted by molar-refractivity contribution is -0.139. The van der Waals surface area contributed by atoms with E-state index in [2.05, 4.69) is 10.6 Å². The van der Waals surface area contributed by atoms with Crippen LogP contribution in [0, 0.1) is 0 Å². The van der Waals surface area contributed by atoms with Crippen molar-refractivity contribution in [1.82, 2.24) is 10.6 Å². The lowest BCUT2D eigenvalue weighted by Crippen LogP contribution is -2.38. The lowest BCUT2D eigenvalue weighted by atomic mass is 10.0. The number of nitrogens with two attached hydrogens (primary N) is 1. The zero-order chi connectivity index (χ0) is 22.9. The summed E-state index contributed by atoms with van der Waals surface area (Å²) in [5.41, 5.74) is 9.50. The standard InChI is InChI=1S/C25H25N3O4/c26-21-8-4-5-17(15-21)16-27-22(25(31)32)13-14-23(29)28-24(30)20-11-9-19(10-12-20)18-6-2-1-3-7-18/h1-12,15,22,27H,13-14,16,26H2,(H,31,32)(H,28,29,30)/t22-/m0/s1. The monoisotopic (exact) mass is 431 g/mol. The quantitative estimate of drug-likeness (QED) is 0.386. The van der Waals surface area contributed by atoms with E-state index in [-0.39, 0.29) is 12.8 Å². The Morgan fingerprint density at radius 2 is 1.56 bits per heavy atom. The molecule has 0 spiro atoms. The van der Waals surface area contributed by atoms with Gasteiger partial charge in [-0.15, -0.1) is 0 Å². The van der Waals surface area contributed by atoms with Crippen molar-refractivity contribution < 1.29 is 19.5 Å². The number of hydrogen-bond acceptors (Lipinski definition) is 5. The third kappa shape index (κ3) is 6.52. The number of carbonyl (C=O) groups is 3. The minimum atomic E-state index is -1.07. The number of hydrogen-bond donors (Lipinski definition) is 4. The first kappa shape index (κ1) is 22.7. The van der Waals surface area contributed by atoms with E-state index in [0.29, 0.717) is 17.8 Å². The van der Waals surface area contributed by atoms with Crippen LogP contribution >= 0.6 is 0 Å². The minimum absolute atomic E-state index is 0.0453. The summed E-state index contributed by atoms with van der Waals surface area (Å²) in [5, 5.41) is 14.6. The van der Waals surface area contributed by atoms with Gasteiger partial charge in [-0.05, 0) is 47.4 Å². The Hall–Kier alpha value is -3.97. The number of benzene rings is 3. The smallest absolute Gasteiger partial charge is 0.320 e. The molecular formula is C25H25N3O4. The Bertz CT molecular complexity index is 1080. The first-order valence-electron chi connectivity index (χ1n) is 10.2. The molecule has 0 saturated heterocycles. The summed E-state index contributed by atoms with van der Waals surface area (Å²) in [4.78, 5) is 36.0. The normalized spacial score (nSPS) is 11.5. The van der Waals surface area contributed by atoms with Crippen molar-refractivity contribution in [1.29, 1.82) is 0 Å². The molecule has 0 unspecified atom stereocenters. The summed E-state index contributed by atoms with van der Waals surface area (Å²) in [6.07, 6.45) is -0.0571. The van der Waals surface area contributed by atoms with Gasteiger partial charge in [0.15, 0.2) is 0 Å². The van der Waals surface area contributed by atoms with E-state index in [1.165, 1.54) is 0 Å². The average Bonchev–Trinajstić information content (AvgIpc) is 2.79. The van der Waals surface area contributed by atoms with Gasteiger partial charge in [-0.2, -0.15) is 0 Å². The molecule has 0 radical (unpaired) electrons. The van der Waals surface area contributed by atoms with Crippen molar-refractivity contribution in [2.45, 2.75) is 25.4 Å². The van der Waals surface area contributed by atoms with Gasteiger partial charge in [-0.3, -0.25) is 19.7 Å². The van der Waals surface area contributed by atoms with Crippen LogP contribution < -0.4 is 16.4 Å². The third-order valence-electron chi connectivity index (χ3n) is 4.97. The highest BCUT2D eigenvalue weighted by Gasteiger charge is 2.19. The summed E-state index contributed by atoms with van der Waals surface area (Å²) in [6.45, 7) is 0.302. The van der Waals surface area contributed by atoms with Gasteiger partial charge in [0.2, 0.25) is 5.91 Å². The highest BCUT2D eigenvalue weighted by molar-refractivity contribution is 6.04. The summed E-state index contributed by atoms with van der Waals surface area (Å²) >= 11 is 0. The van der Waals surface area contributed by atoms with Crippen molar-refractivity contribution in [2.75, 3.05) is 5.73 Å². The molecule has 3 aromatic carbocycles. The fraction of sp³-hybridized carbons (Fsp3) is 0.160. The van der Waals surface area contributed by atoms with Gasteiger partial charge in [0, 0.05) is 24.2 Å². The third-order valence-corrected chi connectivity index (χ3v) is 4.97. The van der Waals surface area contributed by atoms with Gasteiger partial charge in [0.1, 0.15) is 6.04 Å². The summed E-state index contributed by atoms with van der Waals surface area (Å²) in [5.74, 6) is -2.11. The maximum Gasteiger partial charge on any atom is 0.320 e. The van der Waals surface area contributed by atoms with Crippen molar-refractivity contribution in [3.8, 4) is 11.1 Å². The van der Waals surface area contributed by atoms with Crippen LogP contribution in [0.4, 0.5) is 5.69 Å². The number of carboxylic acid groups (broad SMARTS) is 1. The molecule has 1 atom stereocenters. The lowest BCUT2D eigenvalue weighted by Gasteiger charge is -2.14. The van der Waals surface area contributed by atoms with Crippen LogP contribution in [0.15, 0.2) is 78.9 Å². The second-order valence-electron chi connectivity index (χ2n) is 7.38. The number of nitrogen functional groups attached to an aromatic ring is 1. The van der Waals surface area contributed by atoms with Gasteiger partial charge in [0.25, 0.3) is 5.91 Å². The summed E-state index contributed by atoms with van der Waals surface area (Å²) in [6, 6.07) is 22.9. The minimum Gasteiger partial charge on any atom is -0.480 e. The maximum absolute atomic E-state index is 12.3. The van der Waals surface area contributed by atoms with E-state index < -0.39 is 23.8 Å². The highest BCUT2D eigenvalue weighted by atomic mass is 16.4. The van der Waals surface area contributed by atoms with Crippen molar-refractivity contribution in [3.63, 3.8) is 0 Å². The molecule has 3 rings (SSSR count). The topological polar surface area (TPSA) is 122 Å². The predicted molar refractivity (Wildman–Crippen MR) is 123 cm³/mol. The SMILES string of the molecule is Nc1cccc(CN[C@@H](CCC(=O)NC(=O)c2ccc(-c3ccccc3)cc2)C(=O)O)c1. The van der Waals surface area contributed by atoms with Crippen LogP contribution in [0.3, 0.4) is 0 Å². The molecule has 5 N–H and O–H groups in total. The zero-order valence-corrected chi connectivity index (χ0v) is 17.5. The van der Waals surface area contributed by atoms with Gasteiger partial charge in [-0.1, -0.05) is 54.6 Å². The largest absolute Gasteiger partial charge is 0.480 e. The fourth-order valence-corrected chi connectivity index (χ4v) is 3.24. The van der Waals surface area contributed by atoms with Crippen molar-refractivity contribution in [3.05, 3.63) is 90.0 Å². The molecule has 0 fully saturated rings. The van der Waals surface area contributed by atoms with E-state index in [0.717, 1.165) is 16.7 Å². The van der Waals surface area contributed by atoms with Crippen LogP contribution in [0.25, 0.3) is 11.1 Å². The number of nitrogens with one attached hydrogen (secondary N) is 2. The van der Waals surface area contributed by atoms with Crippen LogP contribution in [-0.2, 0) is 16.1 Å². The van der Waals surface area contributed by atoms with Gasteiger partial charge < -0.3 is 16.2 Å². The zero-order valence-electron chi connectivity index (χ0n) is 17.5. The molecule has 32 heavy (non-hydrogen) atoms. The molecule has 2 amide bonds. The van der Waals surface area contributed by atoms with E-state index in [4.69, 9.17) is 5.73 Å². The number of imide groups is 1. The molecule has 164 valence electrons. The van der Waals surface area contributed by atoms with E-state index in [1.807, 2.05) is 48.5 Å². The first-order chi connectivity index (χ1) is 15.4. The number of rotatable bonds is 9. The molecule has 3 aromatic rings. The maximum atomic E-state index is 12.3. The molecule has 7 nitrogen and oxygen atoms in total. The molecule has 0 aliphatic rings. The Balaban J connectivity index is 1.50. The molecule has 7 heteroatoms. The van der Waals surface area contributed by atoms with E-state index >= 15 is 0 Å². The number of anilines is 1. The number of carboxylic acids is 1. The van der Waals surface area contributed by atoms with E-state index in [9.17, 15) is 19.5 Å². The summed E-state index contributed by atoms with van der Waals surface area (Å²) in [7, 11) is 0. The predicted octanol–water partition coefficient (Wildman–Crippen LogP) is 3.22.